The van der Waals surface area contributed by atoms with Crippen molar-refractivity contribution in [3.63, 3.8) is 0 Å². The Labute approximate surface area is 218 Å². The highest BCUT2D eigenvalue weighted by Crippen LogP contribution is 2.12. The Morgan fingerprint density at radius 1 is 0.789 bits per heavy atom. The van der Waals surface area contributed by atoms with Gasteiger partial charge in [-0.1, -0.05) is 26.0 Å². The summed E-state index contributed by atoms with van der Waals surface area (Å²) in [5.41, 5.74) is 6.14. The van der Waals surface area contributed by atoms with Crippen molar-refractivity contribution in [1.29, 1.82) is 0 Å². The number of phenols is 1. The van der Waals surface area contributed by atoms with Crippen LogP contribution in [0, 0.1) is 5.92 Å². The number of hydrogen-bond acceptors (Lipinski definition) is 8. The van der Waals surface area contributed by atoms with Gasteiger partial charge >= 0.3 is 17.9 Å². The number of carbonyl (C=O) groups excluding carboxylic acids is 3. The molecule has 0 aliphatic heterocycles. The number of carboxylic acids is 3. The van der Waals surface area contributed by atoms with Crippen LogP contribution in [0.25, 0.3) is 0 Å². The summed E-state index contributed by atoms with van der Waals surface area (Å²) < 4.78 is 0. The first-order valence-corrected chi connectivity index (χ1v) is 11.8. The number of carboxylic acid groups (broad SMARTS) is 3. The van der Waals surface area contributed by atoms with Gasteiger partial charge in [0.1, 0.15) is 23.9 Å². The summed E-state index contributed by atoms with van der Waals surface area (Å²) in [6.07, 6.45) is -1.57. The Balaban J connectivity index is 3.01. The molecule has 0 bridgehead atoms. The van der Waals surface area contributed by atoms with Gasteiger partial charge in [0.15, 0.2) is 0 Å². The summed E-state index contributed by atoms with van der Waals surface area (Å²) in [6, 6.07) is 0.117. The summed E-state index contributed by atoms with van der Waals surface area (Å²) in [6.45, 7) is 3.49. The molecule has 0 fully saturated rings. The third kappa shape index (κ3) is 11.7. The molecule has 3 amide bonds. The van der Waals surface area contributed by atoms with Crippen molar-refractivity contribution in [3.05, 3.63) is 29.8 Å². The van der Waals surface area contributed by atoms with Crippen molar-refractivity contribution in [3.8, 4) is 5.75 Å². The predicted molar refractivity (Wildman–Crippen MR) is 132 cm³/mol. The number of amides is 3. The van der Waals surface area contributed by atoms with Crippen LogP contribution in [0.5, 0.6) is 5.75 Å². The maximum atomic E-state index is 13.0. The summed E-state index contributed by atoms with van der Waals surface area (Å²) in [5, 5.41) is 43.8. The monoisotopic (exact) mass is 538 g/mol. The molecule has 1 aromatic rings. The second-order valence-corrected chi connectivity index (χ2v) is 9.16. The number of aromatic hydroxyl groups is 1. The van der Waals surface area contributed by atoms with Crippen molar-refractivity contribution < 1.29 is 49.2 Å². The fourth-order valence-electron chi connectivity index (χ4n) is 3.39. The largest absolute Gasteiger partial charge is 0.508 e. The third-order valence-electron chi connectivity index (χ3n) is 5.35. The highest BCUT2D eigenvalue weighted by atomic mass is 16.4. The van der Waals surface area contributed by atoms with Crippen LogP contribution in [0.4, 0.5) is 0 Å². The maximum Gasteiger partial charge on any atom is 0.326 e. The number of rotatable bonds is 16. The van der Waals surface area contributed by atoms with Gasteiger partial charge in [-0.25, -0.2) is 4.79 Å². The minimum Gasteiger partial charge on any atom is -0.508 e. The van der Waals surface area contributed by atoms with Gasteiger partial charge in [0.05, 0.1) is 12.5 Å². The lowest BCUT2D eigenvalue weighted by Crippen LogP contribution is -2.57. The summed E-state index contributed by atoms with van der Waals surface area (Å²) in [5.74, 6) is -6.94. The SMILES string of the molecule is CC(C)CC(NC(=O)C(CC(=O)O)NC(=O)C(N)CCC(=O)O)C(=O)NC(Cc1ccc(O)cc1)C(=O)O. The Morgan fingerprint density at radius 2 is 1.32 bits per heavy atom. The van der Waals surface area contributed by atoms with Gasteiger partial charge in [0.2, 0.25) is 17.7 Å². The van der Waals surface area contributed by atoms with Crippen molar-refractivity contribution in [1.82, 2.24) is 16.0 Å². The summed E-state index contributed by atoms with van der Waals surface area (Å²) in [4.78, 5) is 71.9. The van der Waals surface area contributed by atoms with Crippen molar-refractivity contribution in [2.45, 2.75) is 70.1 Å². The predicted octanol–water partition coefficient (Wildman–Crippen LogP) is -0.813. The first kappa shape index (κ1) is 31.8. The molecule has 38 heavy (non-hydrogen) atoms. The number of nitrogens with one attached hydrogen (secondary N) is 3. The molecule has 0 aromatic heterocycles. The fraction of sp³-hybridized carbons (Fsp3) is 0.500. The van der Waals surface area contributed by atoms with Crippen LogP contribution in [0.15, 0.2) is 24.3 Å². The second-order valence-electron chi connectivity index (χ2n) is 9.16. The van der Waals surface area contributed by atoms with Gasteiger partial charge in [-0.3, -0.25) is 24.0 Å². The van der Waals surface area contributed by atoms with Gasteiger partial charge in [0, 0.05) is 12.8 Å². The molecule has 210 valence electrons. The molecule has 0 saturated heterocycles. The highest BCUT2D eigenvalue weighted by molar-refractivity contribution is 5.95. The van der Waals surface area contributed by atoms with E-state index in [4.69, 9.17) is 10.8 Å². The molecular formula is C24H34N4O10. The lowest BCUT2D eigenvalue weighted by atomic mass is 10.0. The van der Waals surface area contributed by atoms with E-state index in [1.807, 2.05) is 0 Å². The first-order valence-electron chi connectivity index (χ1n) is 11.8. The molecule has 1 aromatic carbocycles. The van der Waals surface area contributed by atoms with Gasteiger partial charge in [-0.2, -0.15) is 0 Å². The van der Waals surface area contributed by atoms with Crippen LogP contribution < -0.4 is 21.7 Å². The third-order valence-corrected chi connectivity index (χ3v) is 5.35. The number of benzene rings is 1. The summed E-state index contributed by atoms with van der Waals surface area (Å²) >= 11 is 0. The minimum absolute atomic E-state index is 0.0183. The summed E-state index contributed by atoms with van der Waals surface area (Å²) in [7, 11) is 0. The molecule has 4 atom stereocenters. The van der Waals surface area contributed by atoms with Gasteiger partial charge in [-0.15, -0.1) is 0 Å². The van der Waals surface area contributed by atoms with E-state index in [-0.39, 0.29) is 30.9 Å². The zero-order valence-electron chi connectivity index (χ0n) is 21.0. The van der Waals surface area contributed by atoms with Crippen LogP contribution in [0.1, 0.15) is 45.1 Å². The lowest BCUT2D eigenvalue weighted by Gasteiger charge is -2.25. The molecule has 9 N–H and O–H groups in total. The van der Waals surface area contributed by atoms with Crippen LogP contribution in [0.3, 0.4) is 0 Å². The smallest absolute Gasteiger partial charge is 0.326 e. The Bertz CT molecular complexity index is 1010. The second kappa shape index (κ2) is 15.1. The van der Waals surface area contributed by atoms with Crippen molar-refractivity contribution in [2.24, 2.45) is 11.7 Å². The van der Waals surface area contributed by atoms with Crippen LogP contribution in [-0.4, -0.2) is 80.2 Å². The van der Waals surface area contributed by atoms with Crippen LogP contribution >= 0.6 is 0 Å². The Morgan fingerprint density at radius 3 is 1.82 bits per heavy atom. The maximum absolute atomic E-state index is 13.0. The highest BCUT2D eigenvalue weighted by Gasteiger charge is 2.32. The molecule has 0 aliphatic rings. The van der Waals surface area contributed by atoms with E-state index < -0.39 is 72.6 Å². The Hall–Kier alpha value is -4.20. The molecule has 14 nitrogen and oxygen atoms in total. The van der Waals surface area contributed by atoms with Gasteiger partial charge < -0.3 is 42.1 Å². The van der Waals surface area contributed by atoms with E-state index in [0.717, 1.165) is 0 Å². The van der Waals surface area contributed by atoms with Crippen molar-refractivity contribution in [2.75, 3.05) is 0 Å². The van der Waals surface area contributed by atoms with E-state index in [9.17, 15) is 44.1 Å². The molecule has 0 aliphatic carbocycles. The standard InChI is InChI=1S/C24H34N4O10/c1-12(2)9-16(22(35)28-18(24(37)38)10-13-3-5-14(29)6-4-13)27-23(36)17(11-20(32)33)26-21(34)15(25)7-8-19(30)31/h3-6,12,15-18,29H,7-11,25H2,1-2H3,(H,26,34)(H,27,36)(H,28,35)(H,30,31)(H,32,33)(H,37,38). The van der Waals surface area contributed by atoms with E-state index in [0.29, 0.717) is 5.56 Å². The van der Waals surface area contributed by atoms with Gasteiger partial charge in [0.25, 0.3) is 0 Å². The molecule has 0 heterocycles. The average Bonchev–Trinajstić information content (AvgIpc) is 2.81. The molecule has 1 rings (SSSR count). The molecule has 0 saturated carbocycles. The Kier molecular flexibility index (Phi) is 12.7. The van der Waals surface area contributed by atoms with E-state index >= 15 is 0 Å². The van der Waals surface area contributed by atoms with Crippen LogP contribution in [-0.2, 0) is 35.2 Å². The van der Waals surface area contributed by atoms with E-state index in [2.05, 4.69) is 16.0 Å². The quantitative estimate of drug-likeness (QED) is 0.129. The fourth-order valence-corrected chi connectivity index (χ4v) is 3.39. The number of nitrogens with two attached hydrogens (primary N) is 1. The molecule has 14 heteroatoms. The number of phenolic OH excluding ortho intramolecular Hbond substituents is 1. The minimum atomic E-state index is -1.63. The average molecular weight is 539 g/mol. The van der Waals surface area contributed by atoms with Crippen LogP contribution in [0.2, 0.25) is 0 Å². The van der Waals surface area contributed by atoms with E-state index in [1.54, 1.807) is 13.8 Å². The number of aliphatic carboxylic acids is 3. The molecule has 0 radical (unpaired) electrons. The zero-order chi connectivity index (χ0) is 29.0. The normalized spacial score (nSPS) is 14.0. The molecular weight excluding hydrogens is 504 g/mol. The van der Waals surface area contributed by atoms with Crippen molar-refractivity contribution >= 4 is 35.6 Å². The lowest BCUT2D eigenvalue weighted by molar-refractivity contribution is -0.143. The topological polar surface area (TPSA) is 245 Å². The zero-order valence-corrected chi connectivity index (χ0v) is 21.0. The van der Waals surface area contributed by atoms with Gasteiger partial charge in [-0.05, 0) is 36.5 Å². The molecule has 0 spiro atoms. The number of carbonyl (C=O) groups is 6. The van der Waals surface area contributed by atoms with E-state index in [1.165, 1.54) is 24.3 Å². The molecule has 4 unspecified atom stereocenters. The number of hydrogen-bond donors (Lipinski definition) is 8. The first-order chi connectivity index (χ1) is 17.7.